The van der Waals surface area contributed by atoms with Crippen LogP contribution in [-0.2, 0) is 14.3 Å². The van der Waals surface area contributed by atoms with Crippen molar-refractivity contribution >= 4 is 5.97 Å². The second-order valence-electron chi connectivity index (χ2n) is 6.14. The van der Waals surface area contributed by atoms with Gasteiger partial charge in [-0.15, -0.1) is 11.8 Å². The van der Waals surface area contributed by atoms with Crippen molar-refractivity contribution in [2.45, 2.75) is 89.8 Å². The first kappa shape index (κ1) is 20.0. The molecule has 4 nitrogen and oxygen atoms in total. The SMILES string of the molecule is O=C(O)CCCC#CCCCCCCCCOC1CCCCO1. The Bertz CT molecular complexity index is 350. The van der Waals surface area contributed by atoms with Crippen LogP contribution in [0.15, 0.2) is 0 Å². The summed E-state index contributed by atoms with van der Waals surface area (Å²) in [6.45, 7) is 1.68. The average Bonchev–Trinajstić information content (AvgIpc) is 2.56. The monoisotopic (exact) mass is 324 g/mol. The molecule has 1 atom stereocenters. The van der Waals surface area contributed by atoms with Gasteiger partial charge >= 0.3 is 5.97 Å². The van der Waals surface area contributed by atoms with Crippen LogP contribution in [0.4, 0.5) is 0 Å². The molecule has 0 aromatic carbocycles. The number of carboxylic acid groups (broad SMARTS) is 1. The number of hydrogen-bond donors (Lipinski definition) is 1. The largest absolute Gasteiger partial charge is 0.481 e. The molecule has 4 heteroatoms. The number of hydrogen-bond acceptors (Lipinski definition) is 3. The molecule has 23 heavy (non-hydrogen) atoms. The van der Waals surface area contributed by atoms with Gasteiger partial charge in [-0.25, -0.2) is 0 Å². The van der Waals surface area contributed by atoms with Gasteiger partial charge in [0.15, 0.2) is 6.29 Å². The molecule has 1 saturated heterocycles. The lowest BCUT2D eigenvalue weighted by molar-refractivity contribution is -0.162. The zero-order valence-corrected chi connectivity index (χ0v) is 14.4. The van der Waals surface area contributed by atoms with E-state index in [0.29, 0.717) is 12.8 Å². The standard InChI is InChI=1S/C19H32O4/c20-18(21)14-10-8-6-4-2-1-3-5-7-9-12-16-22-19-15-11-13-17-23-19/h19H,1-3,5,7-17H2,(H,20,21). The molecule has 0 amide bonds. The van der Waals surface area contributed by atoms with Crippen molar-refractivity contribution in [2.75, 3.05) is 13.2 Å². The second kappa shape index (κ2) is 14.5. The number of unbranched alkanes of at least 4 members (excludes halogenated alkanes) is 7. The van der Waals surface area contributed by atoms with Gasteiger partial charge in [0, 0.05) is 32.5 Å². The van der Waals surface area contributed by atoms with Crippen LogP contribution in [0.25, 0.3) is 0 Å². The number of aliphatic carboxylic acids is 1. The molecule has 1 fully saturated rings. The van der Waals surface area contributed by atoms with Crippen molar-refractivity contribution in [3.63, 3.8) is 0 Å². The minimum atomic E-state index is -0.733. The van der Waals surface area contributed by atoms with Gasteiger partial charge in [0.05, 0.1) is 0 Å². The van der Waals surface area contributed by atoms with Crippen LogP contribution in [0.3, 0.4) is 0 Å². The molecule has 0 aromatic heterocycles. The Morgan fingerprint density at radius 3 is 2.39 bits per heavy atom. The lowest BCUT2D eigenvalue weighted by atomic mass is 10.1. The summed E-state index contributed by atoms with van der Waals surface area (Å²) < 4.78 is 11.2. The minimum Gasteiger partial charge on any atom is -0.481 e. The van der Waals surface area contributed by atoms with Crippen molar-refractivity contribution in [2.24, 2.45) is 0 Å². The first-order valence-corrected chi connectivity index (χ1v) is 9.20. The maximum absolute atomic E-state index is 10.3. The lowest BCUT2D eigenvalue weighted by Gasteiger charge is -2.22. The Morgan fingerprint density at radius 2 is 1.70 bits per heavy atom. The third kappa shape index (κ3) is 13.1. The number of carboxylic acids is 1. The molecular weight excluding hydrogens is 292 g/mol. The highest BCUT2D eigenvalue weighted by atomic mass is 16.7. The first-order valence-electron chi connectivity index (χ1n) is 9.20. The Kier molecular flexibility index (Phi) is 12.6. The summed E-state index contributed by atoms with van der Waals surface area (Å²) >= 11 is 0. The van der Waals surface area contributed by atoms with Crippen molar-refractivity contribution in [3.05, 3.63) is 0 Å². The molecule has 1 rings (SSSR count). The van der Waals surface area contributed by atoms with E-state index in [-0.39, 0.29) is 12.7 Å². The van der Waals surface area contributed by atoms with Gasteiger partial charge in [-0.1, -0.05) is 25.7 Å². The van der Waals surface area contributed by atoms with Gasteiger partial charge in [0.2, 0.25) is 0 Å². The highest BCUT2D eigenvalue weighted by molar-refractivity contribution is 5.66. The Hall–Kier alpha value is -1.05. The van der Waals surface area contributed by atoms with Gasteiger partial charge in [-0.3, -0.25) is 4.79 Å². The van der Waals surface area contributed by atoms with Crippen LogP contribution >= 0.6 is 0 Å². The molecule has 1 unspecified atom stereocenters. The fourth-order valence-electron chi connectivity index (χ4n) is 2.58. The molecule has 0 bridgehead atoms. The van der Waals surface area contributed by atoms with Crippen LogP contribution in [0, 0.1) is 11.8 Å². The maximum atomic E-state index is 10.3. The van der Waals surface area contributed by atoms with Crippen molar-refractivity contribution in [1.82, 2.24) is 0 Å². The van der Waals surface area contributed by atoms with Crippen molar-refractivity contribution in [1.29, 1.82) is 0 Å². The fraction of sp³-hybridized carbons (Fsp3) is 0.842. The maximum Gasteiger partial charge on any atom is 0.303 e. The van der Waals surface area contributed by atoms with E-state index in [9.17, 15) is 4.79 Å². The van der Waals surface area contributed by atoms with E-state index in [2.05, 4.69) is 11.8 Å². The summed E-state index contributed by atoms with van der Waals surface area (Å²) in [4.78, 5) is 10.3. The zero-order valence-electron chi connectivity index (χ0n) is 14.4. The predicted molar refractivity (Wildman–Crippen MR) is 91.1 cm³/mol. The summed E-state index contributed by atoms with van der Waals surface area (Å²) in [6.07, 6.45) is 13.3. The fourth-order valence-corrected chi connectivity index (χ4v) is 2.58. The highest BCUT2D eigenvalue weighted by Gasteiger charge is 2.13. The highest BCUT2D eigenvalue weighted by Crippen LogP contribution is 2.14. The number of carbonyl (C=O) groups is 1. The quantitative estimate of drug-likeness (QED) is 0.423. The molecule has 1 aliphatic rings. The average molecular weight is 324 g/mol. The molecule has 0 spiro atoms. The molecule has 1 heterocycles. The normalized spacial score (nSPS) is 17.5. The van der Waals surface area contributed by atoms with E-state index in [1.807, 2.05) is 0 Å². The van der Waals surface area contributed by atoms with Gasteiger partial charge in [-0.05, 0) is 38.5 Å². The minimum absolute atomic E-state index is 0.0535. The Balaban J connectivity index is 1.76. The van der Waals surface area contributed by atoms with E-state index < -0.39 is 5.97 Å². The van der Waals surface area contributed by atoms with E-state index in [1.54, 1.807) is 0 Å². The summed E-state index contributed by atoms with van der Waals surface area (Å²) in [7, 11) is 0. The predicted octanol–water partition coefficient (Wildman–Crippen LogP) is 4.52. The molecule has 0 saturated carbocycles. The Labute approximate surface area is 140 Å². The van der Waals surface area contributed by atoms with E-state index in [0.717, 1.165) is 38.9 Å². The topological polar surface area (TPSA) is 55.8 Å². The third-order valence-corrected chi connectivity index (χ3v) is 3.96. The van der Waals surface area contributed by atoms with Gasteiger partial charge in [0.25, 0.3) is 0 Å². The molecular formula is C19H32O4. The molecule has 132 valence electrons. The van der Waals surface area contributed by atoms with Crippen LogP contribution in [0.1, 0.15) is 83.5 Å². The molecule has 0 radical (unpaired) electrons. The smallest absolute Gasteiger partial charge is 0.303 e. The zero-order chi connectivity index (χ0) is 16.6. The van der Waals surface area contributed by atoms with Gasteiger partial charge < -0.3 is 14.6 Å². The second-order valence-corrected chi connectivity index (χ2v) is 6.14. The van der Waals surface area contributed by atoms with Gasteiger partial charge in [-0.2, -0.15) is 0 Å². The number of ether oxygens (including phenoxy) is 2. The Morgan fingerprint density at radius 1 is 1.00 bits per heavy atom. The molecule has 0 aliphatic carbocycles. The summed E-state index contributed by atoms with van der Waals surface area (Å²) in [6, 6.07) is 0. The lowest BCUT2D eigenvalue weighted by Crippen LogP contribution is -2.22. The molecule has 0 aromatic rings. The molecule has 1 N–H and O–H groups in total. The van der Waals surface area contributed by atoms with Crippen molar-refractivity contribution < 1.29 is 19.4 Å². The summed E-state index contributed by atoms with van der Waals surface area (Å²) in [5.41, 5.74) is 0. The van der Waals surface area contributed by atoms with E-state index >= 15 is 0 Å². The van der Waals surface area contributed by atoms with Crippen LogP contribution in [-0.4, -0.2) is 30.6 Å². The first-order chi connectivity index (χ1) is 11.3. The van der Waals surface area contributed by atoms with Gasteiger partial charge in [0.1, 0.15) is 0 Å². The summed E-state index contributed by atoms with van der Waals surface area (Å²) in [5.74, 6) is 5.45. The number of rotatable bonds is 12. The van der Waals surface area contributed by atoms with Crippen LogP contribution in [0.5, 0.6) is 0 Å². The van der Waals surface area contributed by atoms with E-state index in [1.165, 1.54) is 38.5 Å². The van der Waals surface area contributed by atoms with Crippen molar-refractivity contribution in [3.8, 4) is 11.8 Å². The molecule has 1 aliphatic heterocycles. The van der Waals surface area contributed by atoms with E-state index in [4.69, 9.17) is 14.6 Å². The van der Waals surface area contributed by atoms with Crippen LogP contribution < -0.4 is 0 Å². The summed E-state index contributed by atoms with van der Waals surface area (Å²) in [5, 5.41) is 8.49. The van der Waals surface area contributed by atoms with Crippen LogP contribution in [0.2, 0.25) is 0 Å². The third-order valence-electron chi connectivity index (χ3n) is 3.96.